The van der Waals surface area contributed by atoms with Crippen LogP contribution >= 0.6 is 0 Å². The summed E-state index contributed by atoms with van der Waals surface area (Å²) in [5, 5.41) is 0. The maximum atomic E-state index is 13.4. The number of nitrogens with zero attached hydrogens (tertiary/aromatic N) is 3. The van der Waals surface area contributed by atoms with Gasteiger partial charge in [-0.25, -0.2) is 0 Å². The molecule has 0 radical (unpaired) electrons. The number of aryl methyl sites for hydroxylation is 2. The Balaban J connectivity index is 1.22. The molecule has 2 saturated heterocycles. The molecule has 2 fully saturated rings. The molecule has 2 aliphatic rings. The van der Waals surface area contributed by atoms with Crippen molar-refractivity contribution in [3.05, 3.63) is 65.5 Å². The van der Waals surface area contributed by atoms with E-state index in [-0.39, 0.29) is 17.2 Å². The number of carbonyl (C=O) groups is 2. The number of hydrogen-bond donors (Lipinski definition) is 0. The molecule has 2 aliphatic heterocycles. The van der Waals surface area contributed by atoms with E-state index in [0.717, 1.165) is 57.3 Å². The van der Waals surface area contributed by atoms with E-state index >= 15 is 0 Å². The number of rotatable bonds is 6. The Labute approximate surface area is 198 Å². The smallest absolute Gasteiger partial charge is 0.228 e. The minimum absolute atomic E-state index is 0.209. The van der Waals surface area contributed by atoms with Gasteiger partial charge < -0.3 is 9.80 Å². The van der Waals surface area contributed by atoms with Gasteiger partial charge in [0.2, 0.25) is 11.8 Å². The molecule has 4 rings (SSSR count). The van der Waals surface area contributed by atoms with Crippen molar-refractivity contribution in [2.75, 3.05) is 26.2 Å². The highest BCUT2D eigenvalue weighted by Gasteiger charge is 2.41. The van der Waals surface area contributed by atoms with Gasteiger partial charge in [-0.15, -0.1) is 0 Å². The Hall–Kier alpha value is -2.69. The predicted octanol–water partition coefficient (Wildman–Crippen LogP) is 4.43. The number of amides is 2. The van der Waals surface area contributed by atoms with Crippen LogP contribution < -0.4 is 0 Å². The Kier molecular flexibility index (Phi) is 7.46. The first-order valence-electron chi connectivity index (χ1n) is 12.5. The van der Waals surface area contributed by atoms with E-state index in [1.54, 1.807) is 0 Å². The largest absolute Gasteiger partial charge is 0.343 e. The number of benzene rings is 1. The first kappa shape index (κ1) is 23.5. The van der Waals surface area contributed by atoms with Gasteiger partial charge in [-0.1, -0.05) is 37.3 Å². The summed E-state index contributed by atoms with van der Waals surface area (Å²) in [5.41, 5.74) is 3.28. The van der Waals surface area contributed by atoms with Gasteiger partial charge >= 0.3 is 0 Å². The predicted molar refractivity (Wildman–Crippen MR) is 131 cm³/mol. The number of likely N-dealkylation sites (tertiary alicyclic amines) is 2. The average molecular weight is 448 g/mol. The van der Waals surface area contributed by atoms with Gasteiger partial charge in [0.05, 0.1) is 0 Å². The highest BCUT2D eigenvalue weighted by Crippen LogP contribution is 2.35. The summed E-state index contributed by atoms with van der Waals surface area (Å²) in [6.07, 6.45) is 7.93. The Morgan fingerprint density at radius 1 is 0.970 bits per heavy atom. The molecule has 0 N–H and O–H groups in total. The lowest BCUT2D eigenvalue weighted by Gasteiger charge is -2.43. The zero-order chi connectivity index (χ0) is 23.3. The van der Waals surface area contributed by atoms with E-state index in [1.165, 1.54) is 11.1 Å². The molecular weight excluding hydrogens is 410 g/mol. The molecule has 5 nitrogen and oxygen atoms in total. The van der Waals surface area contributed by atoms with Gasteiger partial charge in [0, 0.05) is 49.9 Å². The molecule has 3 heterocycles. The summed E-state index contributed by atoms with van der Waals surface area (Å²) in [7, 11) is 0. The topological polar surface area (TPSA) is 53.5 Å². The van der Waals surface area contributed by atoms with Crippen LogP contribution in [0, 0.1) is 18.3 Å². The second-order valence-corrected chi connectivity index (χ2v) is 10.2. The van der Waals surface area contributed by atoms with Crippen LogP contribution in [-0.2, 0) is 22.4 Å². The van der Waals surface area contributed by atoms with Crippen LogP contribution in [0.15, 0.2) is 48.7 Å². The van der Waals surface area contributed by atoms with Gasteiger partial charge in [0.25, 0.3) is 0 Å². The average Bonchev–Trinajstić information content (AvgIpc) is 2.84. The molecule has 0 aliphatic carbocycles. The van der Waals surface area contributed by atoms with E-state index in [2.05, 4.69) is 41.1 Å². The highest BCUT2D eigenvalue weighted by atomic mass is 16.2. The standard InChI is InChI=1S/C28H37N3O2/c1-22-20-25(10-15-29-22)21-24-11-16-31(17-12-24)27(33)28(2)13-18-30(19-14-28)26(32)9-8-23-6-4-3-5-7-23/h3-7,10,15,20,24H,8-9,11-14,16-19,21H2,1-2H3. The van der Waals surface area contributed by atoms with Crippen molar-refractivity contribution in [3.63, 3.8) is 0 Å². The lowest BCUT2D eigenvalue weighted by Crippen LogP contribution is -2.51. The number of hydrogen-bond acceptors (Lipinski definition) is 3. The molecular formula is C28H37N3O2. The maximum Gasteiger partial charge on any atom is 0.228 e. The monoisotopic (exact) mass is 447 g/mol. The van der Waals surface area contributed by atoms with E-state index in [0.29, 0.717) is 25.4 Å². The van der Waals surface area contributed by atoms with Gasteiger partial charge in [0.15, 0.2) is 0 Å². The fourth-order valence-electron chi connectivity index (χ4n) is 5.30. The number of pyridine rings is 1. The minimum Gasteiger partial charge on any atom is -0.343 e. The summed E-state index contributed by atoms with van der Waals surface area (Å²) in [4.78, 5) is 34.4. The zero-order valence-electron chi connectivity index (χ0n) is 20.1. The van der Waals surface area contributed by atoms with Crippen molar-refractivity contribution in [2.45, 2.75) is 58.8 Å². The second-order valence-electron chi connectivity index (χ2n) is 10.2. The molecule has 33 heavy (non-hydrogen) atoms. The minimum atomic E-state index is -0.342. The first-order valence-corrected chi connectivity index (χ1v) is 12.5. The van der Waals surface area contributed by atoms with E-state index < -0.39 is 0 Å². The SMILES string of the molecule is Cc1cc(CC2CCN(C(=O)C3(C)CCN(C(=O)CCc4ccccc4)CC3)CC2)ccn1. The summed E-state index contributed by atoms with van der Waals surface area (Å²) >= 11 is 0. The van der Waals surface area contributed by atoms with E-state index in [1.807, 2.05) is 36.2 Å². The number of carbonyl (C=O) groups excluding carboxylic acids is 2. The molecule has 0 saturated carbocycles. The van der Waals surface area contributed by atoms with Crippen LogP contribution in [0.25, 0.3) is 0 Å². The van der Waals surface area contributed by atoms with Gasteiger partial charge in [-0.3, -0.25) is 14.6 Å². The zero-order valence-corrected chi connectivity index (χ0v) is 20.1. The summed E-state index contributed by atoms with van der Waals surface area (Å²) in [5.74, 6) is 1.13. The number of piperidine rings is 2. The van der Waals surface area contributed by atoms with Crippen LogP contribution in [-0.4, -0.2) is 52.8 Å². The first-order chi connectivity index (χ1) is 15.9. The van der Waals surface area contributed by atoms with Crippen molar-refractivity contribution in [2.24, 2.45) is 11.3 Å². The highest BCUT2D eigenvalue weighted by molar-refractivity contribution is 5.83. The molecule has 2 aromatic rings. The fraction of sp³-hybridized carbons (Fsp3) is 0.536. The van der Waals surface area contributed by atoms with Crippen LogP contribution in [0.3, 0.4) is 0 Å². The van der Waals surface area contributed by atoms with Crippen molar-refractivity contribution in [1.29, 1.82) is 0 Å². The Morgan fingerprint density at radius 3 is 2.33 bits per heavy atom. The molecule has 0 bridgehead atoms. The van der Waals surface area contributed by atoms with Crippen LogP contribution in [0.2, 0.25) is 0 Å². The third-order valence-corrected chi connectivity index (χ3v) is 7.59. The molecule has 5 heteroatoms. The maximum absolute atomic E-state index is 13.4. The van der Waals surface area contributed by atoms with Crippen LogP contribution in [0.4, 0.5) is 0 Å². The second kappa shape index (κ2) is 10.5. The van der Waals surface area contributed by atoms with Crippen molar-refractivity contribution in [1.82, 2.24) is 14.8 Å². The van der Waals surface area contributed by atoms with Crippen molar-refractivity contribution >= 4 is 11.8 Å². The third-order valence-electron chi connectivity index (χ3n) is 7.59. The fourth-order valence-corrected chi connectivity index (χ4v) is 5.30. The van der Waals surface area contributed by atoms with Gasteiger partial charge in [-0.2, -0.15) is 0 Å². The summed E-state index contributed by atoms with van der Waals surface area (Å²) < 4.78 is 0. The van der Waals surface area contributed by atoms with Gasteiger partial charge in [-0.05, 0) is 74.6 Å². The van der Waals surface area contributed by atoms with E-state index in [9.17, 15) is 9.59 Å². The molecule has 0 atom stereocenters. The lowest BCUT2D eigenvalue weighted by molar-refractivity contribution is -0.148. The Morgan fingerprint density at radius 2 is 1.67 bits per heavy atom. The Bertz CT molecular complexity index is 943. The molecule has 0 unspecified atom stereocenters. The summed E-state index contributed by atoms with van der Waals surface area (Å²) in [6.45, 7) is 7.22. The summed E-state index contributed by atoms with van der Waals surface area (Å²) in [6, 6.07) is 14.5. The normalized spacial score (nSPS) is 18.8. The van der Waals surface area contributed by atoms with Crippen molar-refractivity contribution in [3.8, 4) is 0 Å². The van der Waals surface area contributed by atoms with Crippen molar-refractivity contribution < 1.29 is 9.59 Å². The van der Waals surface area contributed by atoms with E-state index in [4.69, 9.17) is 0 Å². The molecule has 1 aromatic carbocycles. The quantitative estimate of drug-likeness (QED) is 0.658. The van der Waals surface area contributed by atoms with Gasteiger partial charge in [0.1, 0.15) is 0 Å². The molecule has 0 spiro atoms. The molecule has 1 aromatic heterocycles. The number of aromatic nitrogens is 1. The van der Waals surface area contributed by atoms with Crippen LogP contribution in [0.5, 0.6) is 0 Å². The lowest BCUT2D eigenvalue weighted by atomic mass is 9.78. The molecule has 176 valence electrons. The third kappa shape index (κ3) is 6.01. The molecule has 2 amide bonds. The van der Waals surface area contributed by atoms with Crippen LogP contribution in [0.1, 0.15) is 55.8 Å².